The number of carbonyl (C=O) groups excluding carboxylic acids is 1. The van der Waals surface area contributed by atoms with Gasteiger partial charge in [-0.2, -0.15) is 5.10 Å². The molecule has 18 heavy (non-hydrogen) atoms. The van der Waals surface area contributed by atoms with Crippen molar-refractivity contribution in [3.8, 4) is 5.75 Å². The fraction of sp³-hybridized carbons (Fsp3) is 0.385. The number of amides is 1. The zero-order valence-corrected chi connectivity index (χ0v) is 12.3. The Morgan fingerprint density at radius 3 is 2.50 bits per heavy atom. The molecule has 5 heteroatoms. The summed E-state index contributed by atoms with van der Waals surface area (Å²) in [6.07, 6.45) is 1.08. The number of hydrogen-bond donors (Lipinski definition) is 1. The summed E-state index contributed by atoms with van der Waals surface area (Å²) in [6, 6.07) is 7.31. The third kappa shape index (κ3) is 5.31. The molecule has 0 spiro atoms. The normalized spacial score (nSPS) is 12.7. The van der Waals surface area contributed by atoms with E-state index < -0.39 is 6.10 Å². The van der Waals surface area contributed by atoms with Gasteiger partial charge >= 0.3 is 0 Å². The van der Waals surface area contributed by atoms with Crippen LogP contribution in [0.1, 0.15) is 20.8 Å². The largest absolute Gasteiger partial charge is 0.481 e. The van der Waals surface area contributed by atoms with Crippen LogP contribution in [0.3, 0.4) is 0 Å². The maximum atomic E-state index is 11.6. The highest BCUT2D eigenvalue weighted by Crippen LogP contribution is 2.17. The Morgan fingerprint density at radius 2 is 1.94 bits per heavy atom. The minimum Gasteiger partial charge on any atom is -0.481 e. The molecule has 1 atom stereocenters. The summed E-state index contributed by atoms with van der Waals surface area (Å²) in [5.74, 6) is 0.677. The van der Waals surface area contributed by atoms with E-state index in [9.17, 15) is 4.79 Å². The second kappa shape index (κ2) is 7.16. The number of rotatable bonds is 5. The summed E-state index contributed by atoms with van der Waals surface area (Å²) in [5.41, 5.74) is 2.44. The lowest BCUT2D eigenvalue weighted by Crippen LogP contribution is -2.33. The van der Waals surface area contributed by atoms with Crippen molar-refractivity contribution in [3.63, 3.8) is 0 Å². The number of benzene rings is 1. The average molecular weight is 313 g/mol. The highest BCUT2D eigenvalue weighted by Gasteiger charge is 2.13. The molecule has 1 rings (SSSR count). The molecule has 1 aromatic carbocycles. The molecule has 4 nitrogen and oxygen atoms in total. The molecule has 0 aliphatic heterocycles. The molecule has 0 fully saturated rings. The number of ether oxygens (including phenoxy) is 1. The van der Waals surface area contributed by atoms with Gasteiger partial charge in [-0.15, -0.1) is 0 Å². The molecule has 0 saturated heterocycles. The molecule has 1 unspecified atom stereocenters. The number of hydrazone groups is 1. The van der Waals surface area contributed by atoms with E-state index in [2.05, 4.69) is 26.5 Å². The zero-order valence-electron chi connectivity index (χ0n) is 10.7. The van der Waals surface area contributed by atoms with E-state index in [0.717, 1.165) is 4.47 Å². The van der Waals surface area contributed by atoms with E-state index in [0.29, 0.717) is 11.7 Å². The van der Waals surface area contributed by atoms with Crippen LogP contribution in [-0.2, 0) is 4.79 Å². The first-order valence-corrected chi connectivity index (χ1v) is 6.53. The fourth-order valence-electron chi connectivity index (χ4n) is 1.11. The maximum absolute atomic E-state index is 11.6. The Labute approximate surface area is 116 Å². The van der Waals surface area contributed by atoms with Crippen molar-refractivity contribution < 1.29 is 9.53 Å². The van der Waals surface area contributed by atoms with Crippen LogP contribution in [-0.4, -0.2) is 18.2 Å². The average Bonchev–Trinajstić information content (AvgIpc) is 2.31. The Balaban J connectivity index is 2.47. The second-order valence-corrected chi connectivity index (χ2v) is 5.13. The molecular formula is C13H17BrN2O2. The predicted octanol–water partition coefficient (Wildman–Crippen LogP) is 2.97. The van der Waals surface area contributed by atoms with Gasteiger partial charge in [0.15, 0.2) is 6.10 Å². The molecule has 0 aromatic heterocycles. The van der Waals surface area contributed by atoms with Crippen molar-refractivity contribution in [1.82, 2.24) is 5.43 Å². The molecule has 98 valence electrons. The van der Waals surface area contributed by atoms with E-state index in [1.165, 1.54) is 0 Å². The van der Waals surface area contributed by atoms with Crippen molar-refractivity contribution in [2.75, 3.05) is 0 Å². The number of nitrogens with zero attached hydrogens (tertiary/aromatic N) is 1. The van der Waals surface area contributed by atoms with Crippen LogP contribution in [0, 0.1) is 5.92 Å². The van der Waals surface area contributed by atoms with E-state index in [4.69, 9.17) is 4.74 Å². The Hall–Kier alpha value is -1.36. The third-order valence-corrected chi connectivity index (χ3v) is 2.57. The quantitative estimate of drug-likeness (QED) is 0.671. The first-order chi connectivity index (χ1) is 8.49. The smallest absolute Gasteiger partial charge is 0.280 e. The summed E-state index contributed by atoms with van der Waals surface area (Å²) in [5, 5.41) is 3.84. The van der Waals surface area contributed by atoms with Crippen LogP contribution in [0.5, 0.6) is 5.75 Å². The zero-order chi connectivity index (χ0) is 13.5. The van der Waals surface area contributed by atoms with E-state index in [-0.39, 0.29) is 5.91 Å². The van der Waals surface area contributed by atoms with Gasteiger partial charge in [0.25, 0.3) is 5.91 Å². The van der Waals surface area contributed by atoms with Crippen molar-refractivity contribution in [3.05, 3.63) is 28.7 Å². The summed E-state index contributed by atoms with van der Waals surface area (Å²) in [4.78, 5) is 11.6. The molecule has 0 bridgehead atoms. The molecule has 0 aliphatic carbocycles. The highest BCUT2D eigenvalue weighted by atomic mass is 79.9. The topological polar surface area (TPSA) is 50.7 Å². The van der Waals surface area contributed by atoms with Gasteiger partial charge in [-0.05, 0) is 37.1 Å². The monoisotopic (exact) mass is 312 g/mol. The third-order valence-electron chi connectivity index (χ3n) is 2.04. The lowest BCUT2D eigenvalue weighted by Gasteiger charge is -2.12. The molecule has 1 aromatic rings. The number of nitrogens with one attached hydrogen (secondary N) is 1. The summed E-state index contributed by atoms with van der Waals surface area (Å²) in [6.45, 7) is 5.65. The van der Waals surface area contributed by atoms with Gasteiger partial charge < -0.3 is 4.74 Å². The van der Waals surface area contributed by atoms with E-state index >= 15 is 0 Å². The van der Waals surface area contributed by atoms with Gasteiger partial charge in [0.1, 0.15) is 5.75 Å². The first-order valence-electron chi connectivity index (χ1n) is 5.74. The Morgan fingerprint density at radius 1 is 1.33 bits per heavy atom. The number of halogens is 1. The fourth-order valence-corrected chi connectivity index (χ4v) is 1.38. The van der Waals surface area contributed by atoms with Gasteiger partial charge in [-0.3, -0.25) is 4.79 Å². The standard InChI is InChI=1S/C13H17BrN2O2/c1-9(2)8-15-16-13(17)10(3)18-12-6-4-11(14)5-7-12/h4-10H,1-3H3,(H,16,17). The first kappa shape index (κ1) is 14.7. The molecule has 0 heterocycles. The predicted molar refractivity (Wildman–Crippen MR) is 75.7 cm³/mol. The highest BCUT2D eigenvalue weighted by molar-refractivity contribution is 9.10. The lowest BCUT2D eigenvalue weighted by molar-refractivity contribution is -0.127. The van der Waals surface area contributed by atoms with Crippen molar-refractivity contribution in [1.29, 1.82) is 0 Å². The van der Waals surface area contributed by atoms with Gasteiger partial charge in [0.05, 0.1) is 0 Å². The van der Waals surface area contributed by atoms with Gasteiger partial charge in [-0.1, -0.05) is 29.8 Å². The summed E-state index contributed by atoms with van der Waals surface area (Å²) in [7, 11) is 0. The van der Waals surface area contributed by atoms with Gasteiger partial charge in [-0.25, -0.2) is 5.43 Å². The number of hydrogen-bond acceptors (Lipinski definition) is 3. The van der Waals surface area contributed by atoms with Crippen LogP contribution >= 0.6 is 15.9 Å². The van der Waals surface area contributed by atoms with Crippen LogP contribution in [0.4, 0.5) is 0 Å². The summed E-state index contributed by atoms with van der Waals surface area (Å²) < 4.78 is 6.45. The maximum Gasteiger partial charge on any atom is 0.280 e. The molecule has 0 saturated carbocycles. The van der Waals surface area contributed by atoms with Crippen LogP contribution in [0.25, 0.3) is 0 Å². The van der Waals surface area contributed by atoms with Crippen LogP contribution < -0.4 is 10.2 Å². The minimum atomic E-state index is -0.588. The molecule has 0 aliphatic rings. The molecule has 1 N–H and O–H groups in total. The van der Waals surface area contributed by atoms with Crippen LogP contribution in [0.2, 0.25) is 0 Å². The molecule has 0 radical (unpaired) electrons. The minimum absolute atomic E-state index is 0.269. The van der Waals surface area contributed by atoms with Crippen LogP contribution in [0.15, 0.2) is 33.8 Å². The van der Waals surface area contributed by atoms with Gasteiger partial charge in [0, 0.05) is 10.7 Å². The summed E-state index contributed by atoms with van der Waals surface area (Å²) >= 11 is 3.33. The second-order valence-electron chi connectivity index (χ2n) is 4.21. The molecular weight excluding hydrogens is 296 g/mol. The van der Waals surface area contributed by atoms with Crippen molar-refractivity contribution in [2.45, 2.75) is 26.9 Å². The van der Waals surface area contributed by atoms with Crippen molar-refractivity contribution in [2.24, 2.45) is 11.0 Å². The Bertz CT molecular complexity index is 416. The van der Waals surface area contributed by atoms with E-state index in [1.807, 2.05) is 26.0 Å². The molecule has 1 amide bonds. The van der Waals surface area contributed by atoms with E-state index in [1.54, 1.807) is 25.3 Å². The van der Waals surface area contributed by atoms with Gasteiger partial charge in [0.2, 0.25) is 0 Å². The lowest BCUT2D eigenvalue weighted by atomic mass is 10.3. The SMILES string of the molecule is CC(C)C=NNC(=O)C(C)Oc1ccc(Br)cc1. The number of carbonyl (C=O) groups is 1. The Kier molecular flexibility index (Phi) is 5.85. The van der Waals surface area contributed by atoms with Crippen molar-refractivity contribution >= 4 is 28.1 Å².